The number of halogens is 2. The Labute approximate surface area is 165 Å². The van der Waals surface area contributed by atoms with Crippen LogP contribution in [0.1, 0.15) is 10.4 Å². The number of methoxy groups -OCH3 is 1. The van der Waals surface area contributed by atoms with Crippen molar-refractivity contribution in [1.29, 1.82) is 0 Å². The standard InChI is InChI=1S/C19H17ClFN5O2/c1-26(15-6-4-3-5-12(15)19(27)28-2)18-16(22)17(23-10-24-18)25-11-7-8-14(21)13(20)9-11/h3-10H,22H2,1-2H3,(H,23,24,25). The molecule has 3 rings (SSSR count). The predicted molar refractivity (Wildman–Crippen MR) is 107 cm³/mol. The molecule has 0 unspecified atom stereocenters. The quantitative estimate of drug-likeness (QED) is 0.620. The van der Waals surface area contributed by atoms with Crippen LogP contribution in [0.25, 0.3) is 0 Å². The second-order valence-electron chi connectivity index (χ2n) is 5.78. The molecule has 0 saturated carbocycles. The molecule has 0 aliphatic heterocycles. The zero-order valence-corrected chi connectivity index (χ0v) is 15.9. The first-order valence-corrected chi connectivity index (χ1v) is 8.53. The fourth-order valence-electron chi connectivity index (χ4n) is 2.63. The second-order valence-corrected chi connectivity index (χ2v) is 6.19. The number of hydrogen-bond acceptors (Lipinski definition) is 7. The van der Waals surface area contributed by atoms with E-state index in [0.717, 1.165) is 0 Å². The number of rotatable bonds is 5. The van der Waals surface area contributed by atoms with Gasteiger partial charge in [0.15, 0.2) is 11.6 Å². The summed E-state index contributed by atoms with van der Waals surface area (Å²) < 4.78 is 18.2. The van der Waals surface area contributed by atoms with Crippen molar-refractivity contribution in [2.45, 2.75) is 0 Å². The Bertz CT molecular complexity index is 1030. The van der Waals surface area contributed by atoms with Crippen molar-refractivity contribution >= 4 is 46.3 Å². The molecule has 0 radical (unpaired) electrons. The third kappa shape index (κ3) is 3.81. The molecular formula is C19H17ClFN5O2. The van der Waals surface area contributed by atoms with E-state index in [4.69, 9.17) is 22.1 Å². The number of para-hydroxylation sites is 1. The smallest absolute Gasteiger partial charge is 0.339 e. The summed E-state index contributed by atoms with van der Waals surface area (Å²) in [5, 5.41) is 2.96. The van der Waals surface area contributed by atoms with Crippen LogP contribution >= 0.6 is 11.6 Å². The maximum absolute atomic E-state index is 13.4. The summed E-state index contributed by atoms with van der Waals surface area (Å²) in [5.74, 6) is -0.311. The van der Waals surface area contributed by atoms with Crippen LogP contribution in [0.4, 0.5) is 33.1 Å². The van der Waals surface area contributed by atoms with Gasteiger partial charge in [-0.05, 0) is 30.3 Å². The van der Waals surface area contributed by atoms with E-state index >= 15 is 0 Å². The molecule has 0 spiro atoms. The number of nitrogens with two attached hydrogens (primary N) is 1. The average Bonchev–Trinajstić information content (AvgIpc) is 2.71. The lowest BCUT2D eigenvalue weighted by atomic mass is 10.1. The van der Waals surface area contributed by atoms with Gasteiger partial charge < -0.3 is 20.7 Å². The highest BCUT2D eigenvalue weighted by Gasteiger charge is 2.19. The van der Waals surface area contributed by atoms with Crippen LogP contribution in [0.2, 0.25) is 5.02 Å². The van der Waals surface area contributed by atoms with Crippen molar-refractivity contribution < 1.29 is 13.9 Å². The molecule has 3 N–H and O–H groups in total. The Hall–Kier alpha value is -3.39. The molecule has 0 aliphatic rings. The van der Waals surface area contributed by atoms with Gasteiger partial charge in [0.2, 0.25) is 0 Å². The number of anilines is 5. The molecular weight excluding hydrogens is 385 g/mol. The SMILES string of the molecule is COC(=O)c1ccccc1N(C)c1ncnc(Nc2ccc(F)c(Cl)c2)c1N. The zero-order valence-electron chi connectivity index (χ0n) is 15.1. The summed E-state index contributed by atoms with van der Waals surface area (Å²) in [4.78, 5) is 22.1. The van der Waals surface area contributed by atoms with E-state index in [1.807, 2.05) is 0 Å². The molecule has 2 aromatic carbocycles. The van der Waals surface area contributed by atoms with Crippen LogP contribution in [-0.4, -0.2) is 30.1 Å². The van der Waals surface area contributed by atoms with Crippen LogP contribution in [0, 0.1) is 5.82 Å². The summed E-state index contributed by atoms with van der Waals surface area (Å²) in [6.07, 6.45) is 1.33. The van der Waals surface area contributed by atoms with Crippen molar-refractivity contribution in [3.8, 4) is 0 Å². The Morgan fingerprint density at radius 1 is 1.25 bits per heavy atom. The third-order valence-electron chi connectivity index (χ3n) is 4.03. The van der Waals surface area contributed by atoms with Gasteiger partial charge in [0.25, 0.3) is 0 Å². The predicted octanol–water partition coefficient (Wildman–Crippen LogP) is 4.15. The maximum atomic E-state index is 13.4. The van der Waals surface area contributed by atoms with Gasteiger partial charge >= 0.3 is 5.97 Å². The number of esters is 1. The summed E-state index contributed by atoms with van der Waals surface area (Å²) in [6, 6.07) is 11.1. The molecule has 0 aliphatic carbocycles. The van der Waals surface area contributed by atoms with Crippen LogP contribution in [0.5, 0.6) is 0 Å². The Morgan fingerprint density at radius 3 is 2.71 bits per heavy atom. The number of carbonyl (C=O) groups is 1. The van der Waals surface area contributed by atoms with Crippen molar-refractivity contribution in [1.82, 2.24) is 9.97 Å². The topological polar surface area (TPSA) is 93.4 Å². The summed E-state index contributed by atoms with van der Waals surface area (Å²) >= 11 is 5.81. The number of nitrogen functional groups attached to an aromatic ring is 1. The Balaban J connectivity index is 1.97. The van der Waals surface area contributed by atoms with E-state index in [9.17, 15) is 9.18 Å². The minimum Gasteiger partial charge on any atom is -0.465 e. The molecule has 7 nitrogen and oxygen atoms in total. The van der Waals surface area contributed by atoms with Gasteiger partial charge in [0, 0.05) is 12.7 Å². The number of benzene rings is 2. The van der Waals surface area contributed by atoms with Crippen LogP contribution in [0.3, 0.4) is 0 Å². The fourth-order valence-corrected chi connectivity index (χ4v) is 2.81. The lowest BCUT2D eigenvalue weighted by Crippen LogP contribution is -2.18. The number of aromatic nitrogens is 2. The maximum Gasteiger partial charge on any atom is 0.339 e. The minimum atomic E-state index is -0.525. The van der Waals surface area contributed by atoms with Crippen LogP contribution in [-0.2, 0) is 4.74 Å². The molecule has 1 aromatic heterocycles. The highest BCUT2D eigenvalue weighted by molar-refractivity contribution is 6.31. The van der Waals surface area contributed by atoms with Crippen LogP contribution in [0.15, 0.2) is 48.8 Å². The highest BCUT2D eigenvalue weighted by atomic mass is 35.5. The van der Waals surface area contributed by atoms with E-state index in [1.165, 1.54) is 31.6 Å². The first-order valence-electron chi connectivity index (χ1n) is 8.16. The molecule has 28 heavy (non-hydrogen) atoms. The molecule has 0 fully saturated rings. The Morgan fingerprint density at radius 2 is 2.00 bits per heavy atom. The number of ether oxygens (including phenoxy) is 1. The first kappa shape index (κ1) is 19.4. The fraction of sp³-hybridized carbons (Fsp3) is 0.105. The number of hydrogen-bond donors (Lipinski definition) is 2. The number of carbonyl (C=O) groups excluding carboxylic acids is 1. The average molecular weight is 402 g/mol. The third-order valence-corrected chi connectivity index (χ3v) is 4.32. The lowest BCUT2D eigenvalue weighted by Gasteiger charge is -2.23. The lowest BCUT2D eigenvalue weighted by molar-refractivity contribution is 0.0601. The van der Waals surface area contributed by atoms with Gasteiger partial charge in [0.1, 0.15) is 17.8 Å². The van der Waals surface area contributed by atoms with E-state index in [0.29, 0.717) is 28.6 Å². The van der Waals surface area contributed by atoms with E-state index in [-0.39, 0.29) is 10.7 Å². The molecule has 1 heterocycles. The summed E-state index contributed by atoms with van der Waals surface area (Å²) in [6.45, 7) is 0. The van der Waals surface area contributed by atoms with Gasteiger partial charge in [-0.2, -0.15) is 0 Å². The van der Waals surface area contributed by atoms with Crippen molar-refractivity contribution in [2.24, 2.45) is 0 Å². The van der Waals surface area contributed by atoms with Gasteiger partial charge in [-0.15, -0.1) is 0 Å². The number of nitrogens with one attached hydrogen (secondary N) is 1. The van der Waals surface area contributed by atoms with Gasteiger partial charge in [0.05, 0.1) is 23.4 Å². The first-order chi connectivity index (χ1) is 13.4. The zero-order chi connectivity index (χ0) is 20.3. The molecule has 0 atom stereocenters. The van der Waals surface area contributed by atoms with E-state index in [2.05, 4.69) is 15.3 Å². The summed E-state index contributed by atoms with van der Waals surface area (Å²) in [5.41, 5.74) is 7.93. The molecule has 0 saturated heterocycles. The monoisotopic (exact) mass is 401 g/mol. The van der Waals surface area contributed by atoms with Crippen molar-refractivity contribution in [3.05, 3.63) is 65.2 Å². The van der Waals surface area contributed by atoms with Gasteiger partial charge in [-0.1, -0.05) is 23.7 Å². The number of nitrogens with zero attached hydrogens (tertiary/aromatic N) is 3. The molecule has 0 bridgehead atoms. The Kier molecular flexibility index (Phi) is 5.60. The molecule has 9 heteroatoms. The van der Waals surface area contributed by atoms with Gasteiger partial charge in [-0.25, -0.2) is 19.2 Å². The van der Waals surface area contributed by atoms with E-state index < -0.39 is 11.8 Å². The largest absolute Gasteiger partial charge is 0.465 e. The molecule has 144 valence electrons. The summed E-state index contributed by atoms with van der Waals surface area (Å²) in [7, 11) is 3.03. The second kappa shape index (κ2) is 8.10. The highest BCUT2D eigenvalue weighted by Crippen LogP contribution is 2.34. The van der Waals surface area contributed by atoms with Gasteiger partial charge in [-0.3, -0.25) is 0 Å². The van der Waals surface area contributed by atoms with E-state index in [1.54, 1.807) is 36.2 Å². The normalized spacial score (nSPS) is 10.4. The van der Waals surface area contributed by atoms with Crippen LogP contribution < -0.4 is 16.0 Å². The minimum absolute atomic E-state index is 0.0259. The molecule has 0 amide bonds. The molecule has 3 aromatic rings. The van der Waals surface area contributed by atoms with Crippen molar-refractivity contribution in [3.63, 3.8) is 0 Å². The van der Waals surface area contributed by atoms with Crippen molar-refractivity contribution in [2.75, 3.05) is 30.1 Å².